The smallest absolute Gasteiger partial charge is 0.256 e. The fourth-order valence-corrected chi connectivity index (χ4v) is 3.39. The van der Waals surface area contributed by atoms with Crippen LogP contribution in [0.5, 0.6) is 11.5 Å². The maximum atomic E-state index is 12.8. The molecule has 0 bridgehead atoms. The predicted octanol–water partition coefficient (Wildman–Crippen LogP) is 3.54. The molecule has 0 atom stereocenters. The molecule has 3 aromatic rings. The highest BCUT2D eigenvalue weighted by Gasteiger charge is 2.22. The zero-order valence-corrected chi connectivity index (χ0v) is 15.5. The summed E-state index contributed by atoms with van der Waals surface area (Å²) < 4.78 is 12.8. The molecule has 2 aromatic carbocycles. The molecule has 0 aliphatic carbocycles. The molecule has 7 heteroatoms. The van der Waals surface area contributed by atoms with Gasteiger partial charge in [-0.2, -0.15) is 5.10 Å². The number of para-hydroxylation sites is 2. The zero-order chi connectivity index (χ0) is 18.8. The van der Waals surface area contributed by atoms with E-state index in [4.69, 9.17) is 21.1 Å². The maximum Gasteiger partial charge on any atom is 0.256 e. The van der Waals surface area contributed by atoms with Crippen molar-refractivity contribution in [3.05, 3.63) is 70.5 Å². The van der Waals surface area contributed by atoms with Crippen LogP contribution in [-0.2, 0) is 6.54 Å². The summed E-state index contributed by atoms with van der Waals surface area (Å²) in [5.74, 6) is 1.08. The molecule has 6 nitrogen and oxygen atoms in total. The minimum atomic E-state index is -0.283. The van der Waals surface area contributed by atoms with Gasteiger partial charge in [-0.05, 0) is 25.1 Å². The molecule has 2 heterocycles. The average molecular weight is 384 g/mol. The molecule has 0 unspecified atom stereocenters. The van der Waals surface area contributed by atoms with Crippen molar-refractivity contribution in [1.82, 2.24) is 15.1 Å². The molecule has 1 amide bonds. The van der Waals surface area contributed by atoms with E-state index in [1.165, 1.54) is 0 Å². The van der Waals surface area contributed by atoms with E-state index >= 15 is 0 Å². The van der Waals surface area contributed by atoms with Gasteiger partial charge in [0.2, 0.25) is 0 Å². The van der Waals surface area contributed by atoms with Gasteiger partial charge in [-0.3, -0.25) is 4.79 Å². The van der Waals surface area contributed by atoms with Gasteiger partial charge in [-0.25, -0.2) is 4.68 Å². The number of nitrogens with one attached hydrogen (secondary N) is 1. The number of carbonyl (C=O) groups is 1. The number of nitrogens with zero attached hydrogens (tertiary/aromatic N) is 2. The number of aromatic nitrogens is 2. The highest BCUT2D eigenvalue weighted by molar-refractivity contribution is 6.33. The number of carbonyl (C=O) groups excluding carboxylic acids is 1. The van der Waals surface area contributed by atoms with Crippen molar-refractivity contribution >= 4 is 17.5 Å². The van der Waals surface area contributed by atoms with Crippen molar-refractivity contribution in [3.63, 3.8) is 0 Å². The van der Waals surface area contributed by atoms with E-state index < -0.39 is 0 Å². The van der Waals surface area contributed by atoms with Crippen LogP contribution in [0.4, 0.5) is 0 Å². The van der Waals surface area contributed by atoms with Gasteiger partial charge in [0, 0.05) is 12.1 Å². The Bertz CT molecular complexity index is 986. The molecule has 27 heavy (non-hydrogen) atoms. The summed E-state index contributed by atoms with van der Waals surface area (Å²) in [4.78, 5) is 12.8. The third-order valence-corrected chi connectivity index (χ3v) is 4.67. The van der Waals surface area contributed by atoms with Crippen molar-refractivity contribution in [2.45, 2.75) is 13.5 Å². The second kappa shape index (κ2) is 7.32. The van der Waals surface area contributed by atoms with E-state index in [1.54, 1.807) is 11.6 Å². The standard InChI is InChI=1S/C20H18ClN3O3/c1-13-17(19(21)24(23-13)15-7-3-2-4-8-15)20(25)22-12-14-6-5-9-16-18(14)27-11-10-26-16/h2-9H,10-12H2,1H3,(H,22,25). The molecule has 0 radical (unpaired) electrons. The van der Waals surface area contributed by atoms with Gasteiger partial charge in [-0.1, -0.05) is 41.9 Å². The molecule has 0 saturated heterocycles. The molecule has 1 N–H and O–H groups in total. The Kier molecular flexibility index (Phi) is 4.73. The maximum absolute atomic E-state index is 12.8. The highest BCUT2D eigenvalue weighted by atomic mass is 35.5. The van der Waals surface area contributed by atoms with Crippen LogP contribution in [0.1, 0.15) is 21.6 Å². The van der Waals surface area contributed by atoms with Gasteiger partial charge in [-0.15, -0.1) is 0 Å². The number of aryl methyl sites for hydroxylation is 1. The van der Waals surface area contributed by atoms with Gasteiger partial charge < -0.3 is 14.8 Å². The predicted molar refractivity (Wildman–Crippen MR) is 102 cm³/mol. The van der Waals surface area contributed by atoms with E-state index in [-0.39, 0.29) is 11.1 Å². The number of fused-ring (bicyclic) bond motifs is 1. The van der Waals surface area contributed by atoms with Crippen molar-refractivity contribution in [3.8, 4) is 17.2 Å². The highest BCUT2D eigenvalue weighted by Crippen LogP contribution is 2.33. The van der Waals surface area contributed by atoms with Crippen molar-refractivity contribution < 1.29 is 14.3 Å². The van der Waals surface area contributed by atoms with Gasteiger partial charge in [0.1, 0.15) is 18.4 Å². The average Bonchev–Trinajstić information content (AvgIpc) is 3.01. The van der Waals surface area contributed by atoms with Crippen LogP contribution in [-0.4, -0.2) is 28.9 Å². The number of hydrogen-bond acceptors (Lipinski definition) is 4. The number of halogens is 1. The molecule has 1 aliphatic rings. The molecule has 0 fully saturated rings. The lowest BCUT2D eigenvalue weighted by Gasteiger charge is -2.21. The van der Waals surface area contributed by atoms with E-state index in [2.05, 4.69) is 10.4 Å². The van der Waals surface area contributed by atoms with Crippen LogP contribution in [0, 0.1) is 6.92 Å². The zero-order valence-electron chi connectivity index (χ0n) is 14.7. The van der Waals surface area contributed by atoms with Crippen molar-refractivity contribution in [2.24, 2.45) is 0 Å². The number of benzene rings is 2. The minimum Gasteiger partial charge on any atom is -0.486 e. The number of rotatable bonds is 4. The summed E-state index contributed by atoms with van der Waals surface area (Å²) in [7, 11) is 0. The van der Waals surface area contributed by atoms with E-state index in [1.807, 2.05) is 48.5 Å². The second-order valence-corrected chi connectivity index (χ2v) is 6.48. The Balaban J connectivity index is 1.55. The Morgan fingerprint density at radius 1 is 1.15 bits per heavy atom. The number of ether oxygens (including phenoxy) is 2. The molecule has 138 valence electrons. The SMILES string of the molecule is Cc1nn(-c2ccccc2)c(Cl)c1C(=O)NCc1cccc2c1OCCO2. The van der Waals surface area contributed by atoms with Crippen LogP contribution in [0.2, 0.25) is 5.15 Å². The van der Waals surface area contributed by atoms with Gasteiger partial charge in [0.25, 0.3) is 5.91 Å². The molecular weight excluding hydrogens is 366 g/mol. The minimum absolute atomic E-state index is 0.283. The van der Waals surface area contributed by atoms with Crippen LogP contribution in [0.3, 0.4) is 0 Å². The Morgan fingerprint density at radius 2 is 1.93 bits per heavy atom. The Hall–Kier alpha value is -2.99. The van der Waals surface area contributed by atoms with Gasteiger partial charge in [0.05, 0.1) is 16.9 Å². The van der Waals surface area contributed by atoms with Crippen LogP contribution in [0.15, 0.2) is 48.5 Å². The summed E-state index contributed by atoms with van der Waals surface area (Å²) in [6.45, 7) is 3.09. The van der Waals surface area contributed by atoms with Crippen LogP contribution in [0.25, 0.3) is 5.69 Å². The van der Waals surface area contributed by atoms with Crippen molar-refractivity contribution in [2.75, 3.05) is 13.2 Å². The molecule has 1 aromatic heterocycles. The lowest BCUT2D eigenvalue weighted by atomic mass is 10.1. The third-order valence-electron chi connectivity index (χ3n) is 4.32. The lowest BCUT2D eigenvalue weighted by molar-refractivity contribution is 0.0949. The Morgan fingerprint density at radius 3 is 2.74 bits per heavy atom. The first kappa shape index (κ1) is 17.4. The first-order valence-corrected chi connectivity index (χ1v) is 8.99. The van der Waals surface area contributed by atoms with Gasteiger partial charge in [0.15, 0.2) is 11.5 Å². The number of hydrogen-bond donors (Lipinski definition) is 1. The Labute approximate surface area is 161 Å². The quantitative estimate of drug-likeness (QED) is 0.748. The summed E-state index contributed by atoms with van der Waals surface area (Å²) >= 11 is 6.45. The second-order valence-electron chi connectivity index (χ2n) is 6.12. The third kappa shape index (κ3) is 3.36. The molecule has 1 aliphatic heterocycles. The molecule has 0 saturated carbocycles. The summed E-state index contributed by atoms with van der Waals surface area (Å²) in [5, 5.41) is 7.59. The molecular formula is C20H18ClN3O3. The van der Waals surface area contributed by atoms with Gasteiger partial charge >= 0.3 is 0 Å². The molecule has 4 rings (SSSR count). The van der Waals surface area contributed by atoms with E-state index in [0.717, 1.165) is 11.3 Å². The first-order valence-electron chi connectivity index (χ1n) is 8.61. The normalized spacial score (nSPS) is 12.7. The monoisotopic (exact) mass is 383 g/mol. The fourth-order valence-electron chi connectivity index (χ4n) is 3.03. The van der Waals surface area contributed by atoms with Crippen LogP contribution >= 0.6 is 11.6 Å². The largest absolute Gasteiger partial charge is 0.486 e. The summed E-state index contributed by atoms with van der Waals surface area (Å²) in [6.07, 6.45) is 0. The van der Waals surface area contributed by atoms with E-state index in [9.17, 15) is 4.79 Å². The first-order chi connectivity index (χ1) is 13.1. The van der Waals surface area contributed by atoms with Crippen molar-refractivity contribution in [1.29, 1.82) is 0 Å². The van der Waals surface area contributed by atoms with Crippen LogP contribution < -0.4 is 14.8 Å². The topological polar surface area (TPSA) is 65.4 Å². The molecule has 0 spiro atoms. The fraction of sp³-hybridized carbons (Fsp3) is 0.200. The lowest BCUT2D eigenvalue weighted by Crippen LogP contribution is -2.25. The van der Waals surface area contributed by atoms with E-state index in [0.29, 0.717) is 42.5 Å². The summed E-state index contributed by atoms with van der Waals surface area (Å²) in [6, 6.07) is 15.1. The summed E-state index contributed by atoms with van der Waals surface area (Å²) in [5.41, 5.74) is 2.58. The number of amides is 1.